The van der Waals surface area contributed by atoms with E-state index in [4.69, 9.17) is 9.47 Å². The number of carbonyl (C=O) groups excluding carboxylic acids is 2. The monoisotopic (exact) mass is 437 g/mol. The molecule has 7 nitrogen and oxygen atoms in total. The summed E-state index contributed by atoms with van der Waals surface area (Å²) >= 11 is 1.16. The van der Waals surface area contributed by atoms with E-state index in [2.05, 4.69) is 15.6 Å². The molecular formula is C23H23N3O4S. The summed E-state index contributed by atoms with van der Waals surface area (Å²) in [5.74, 6) is 0.858. The average molecular weight is 438 g/mol. The lowest BCUT2D eigenvalue weighted by Gasteiger charge is -2.12. The van der Waals surface area contributed by atoms with Crippen molar-refractivity contribution in [1.29, 1.82) is 0 Å². The number of nitrogens with one attached hydrogen (secondary N) is 2. The van der Waals surface area contributed by atoms with Crippen LogP contribution in [-0.2, 0) is 11.2 Å². The van der Waals surface area contributed by atoms with Gasteiger partial charge < -0.3 is 20.1 Å². The van der Waals surface area contributed by atoms with Crippen molar-refractivity contribution < 1.29 is 19.1 Å². The number of hydrogen-bond donors (Lipinski definition) is 2. The zero-order chi connectivity index (χ0) is 22.1. The second-order valence-corrected chi connectivity index (χ2v) is 8.57. The van der Waals surface area contributed by atoms with Crippen LogP contribution < -0.4 is 20.1 Å². The first-order chi connectivity index (χ1) is 14.8. The van der Waals surface area contributed by atoms with E-state index in [1.54, 1.807) is 19.1 Å². The lowest BCUT2D eigenvalue weighted by molar-refractivity contribution is -0.115. The number of benzene rings is 2. The zero-order valence-electron chi connectivity index (χ0n) is 17.8. The number of anilines is 2. The molecule has 8 heteroatoms. The second-order valence-electron chi connectivity index (χ2n) is 7.57. The molecule has 0 spiro atoms. The number of aromatic nitrogens is 1. The highest BCUT2D eigenvalue weighted by atomic mass is 32.1. The standard InChI is InChI=1S/C23H23N3O4S/c1-12-7-13(2)20(14(3)8-12)26-22(28)21-15(4)24-23(31-21)25-19(27)10-16-5-6-17-18(9-16)30-11-29-17/h5-9H,10-11H2,1-4H3,(H,26,28)(H,24,25,27). The number of carbonyl (C=O) groups is 2. The molecule has 31 heavy (non-hydrogen) atoms. The molecule has 3 aromatic rings. The van der Waals surface area contributed by atoms with Gasteiger partial charge in [0.1, 0.15) is 4.88 Å². The van der Waals surface area contributed by atoms with Gasteiger partial charge in [0.25, 0.3) is 5.91 Å². The van der Waals surface area contributed by atoms with Crippen molar-refractivity contribution >= 4 is 34.0 Å². The molecule has 2 N–H and O–H groups in total. The molecule has 0 fully saturated rings. The van der Waals surface area contributed by atoms with E-state index in [1.165, 1.54) is 0 Å². The topological polar surface area (TPSA) is 89.6 Å². The molecule has 0 unspecified atom stereocenters. The summed E-state index contributed by atoms with van der Waals surface area (Å²) in [7, 11) is 0. The van der Waals surface area contributed by atoms with Crippen molar-refractivity contribution in [3.8, 4) is 11.5 Å². The summed E-state index contributed by atoms with van der Waals surface area (Å²) in [6.45, 7) is 7.91. The Morgan fingerprint density at radius 1 is 1.00 bits per heavy atom. The molecule has 1 aliphatic rings. The molecule has 2 amide bonds. The summed E-state index contributed by atoms with van der Waals surface area (Å²) in [5, 5.41) is 6.17. The third-order valence-corrected chi connectivity index (χ3v) is 6.04. The van der Waals surface area contributed by atoms with E-state index < -0.39 is 0 Å². The van der Waals surface area contributed by atoms with Crippen LogP contribution in [-0.4, -0.2) is 23.6 Å². The summed E-state index contributed by atoms with van der Waals surface area (Å²) in [4.78, 5) is 30.1. The first-order valence-corrected chi connectivity index (χ1v) is 10.7. The Kier molecular flexibility index (Phi) is 5.65. The molecule has 0 bridgehead atoms. The van der Waals surface area contributed by atoms with Crippen molar-refractivity contribution in [1.82, 2.24) is 4.98 Å². The van der Waals surface area contributed by atoms with Gasteiger partial charge in [0.05, 0.1) is 12.1 Å². The summed E-state index contributed by atoms with van der Waals surface area (Å²) < 4.78 is 10.6. The Hall–Kier alpha value is -3.39. The number of amides is 2. The van der Waals surface area contributed by atoms with Crippen LogP contribution in [0.3, 0.4) is 0 Å². The fraction of sp³-hybridized carbons (Fsp3) is 0.261. The highest BCUT2D eigenvalue weighted by Crippen LogP contribution is 2.33. The van der Waals surface area contributed by atoms with Crippen molar-refractivity contribution in [2.45, 2.75) is 34.1 Å². The van der Waals surface area contributed by atoms with Gasteiger partial charge in [-0.25, -0.2) is 4.98 Å². The molecule has 2 heterocycles. The maximum Gasteiger partial charge on any atom is 0.267 e. The first-order valence-electron chi connectivity index (χ1n) is 9.85. The summed E-state index contributed by atoms with van der Waals surface area (Å²) in [6, 6.07) is 9.47. The van der Waals surface area contributed by atoms with Gasteiger partial charge in [0, 0.05) is 5.69 Å². The number of rotatable bonds is 5. The van der Waals surface area contributed by atoms with Crippen LogP contribution >= 0.6 is 11.3 Å². The Bertz CT molecular complexity index is 1160. The fourth-order valence-corrected chi connectivity index (χ4v) is 4.49. The van der Waals surface area contributed by atoms with E-state index >= 15 is 0 Å². The molecule has 0 radical (unpaired) electrons. The zero-order valence-corrected chi connectivity index (χ0v) is 18.6. The van der Waals surface area contributed by atoms with Crippen LogP contribution in [0.4, 0.5) is 10.8 Å². The van der Waals surface area contributed by atoms with E-state index in [1.807, 2.05) is 39.0 Å². The van der Waals surface area contributed by atoms with Gasteiger partial charge in [-0.1, -0.05) is 35.1 Å². The van der Waals surface area contributed by atoms with Crippen LogP contribution in [0.1, 0.15) is 37.6 Å². The molecule has 1 aromatic heterocycles. The number of fused-ring (bicyclic) bond motifs is 1. The number of hydrogen-bond acceptors (Lipinski definition) is 6. The minimum absolute atomic E-state index is 0.165. The Labute approximate surface area is 184 Å². The van der Waals surface area contributed by atoms with Gasteiger partial charge in [0.15, 0.2) is 16.6 Å². The third kappa shape index (κ3) is 4.54. The van der Waals surface area contributed by atoms with Crippen LogP contribution in [0.2, 0.25) is 0 Å². The van der Waals surface area contributed by atoms with Crippen LogP contribution in [0.15, 0.2) is 30.3 Å². The Morgan fingerprint density at radius 3 is 2.45 bits per heavy atom. The van der Waals surface area contributed by atoms with Crippen molar-refractivity contribution in [3.05, 3.63) is 63.2 Å². The molecule has 0 atom stereocenters. The van der Waals surface area contributed by atoms with Crippen LogP contribution in [0.25, 0.3) is 0 Å². The number of ether oxygens (including phenoxy) is 2. The number of thiazole rings is 1. The quantitative estimate of drug-likeness (QED) is 0.612. The molecule has 2 aromatic carbocycles. The van der Waals surface area contributed by atoms with Gasteiger partial charge in [0.2, 0.25) is 12.7 Å². The smallest absolute Gasteiger partial charge is 0.267 e. The molecule has 0 aliphatic carbocycles. The lowest BCUT2D eigenvalue weighted by atomic mass is 10.1. The molecular weight excluding hydrogens is 414 g/mol. The maximum atomic E-state index is 12.8. The highest BCUT2D eigenvalue weighted by molar-refractivity contribution is 7.17. The maximum absolute atomic E-state index is 12.8. The van der Waals surface area contributed by atoms with Gasteiger partial charge >= 0.3 is 0 Å². The molecule has 0 saturated heterocycles. The predicted octanol–water partition coefficient (Wildman–Crippen LogP) is 4.54. The van der Waals surface area contributed by atoms with Crippen LogP contribution in [0.5, 0.6) is 11.5 Å². The second kappa shape index (κ2) is 8.39. The molecule has 160 valence electrons. The van der Waals surface area contributed by atoms with Crippen molar-refractivity contribution in [3.63, 3.8) is 0 Å². The Balaban J connectivity index is 1.43. The van der Waals surface area contributed by atoms with Crippen molar-refractivity contribution in [2.24, 2.45) is 0 Å². The third-order valence-electron chi connectivity index (χ3n) is 4.97. The van der Waals surface area contributed by atoms with E-state index in [9.17, 15) is 9.59 Å². The average Bonchev–Trinajstić information content (AvgIpc) is 3.30. The summed E-state index contributed by atoms with van der Waals surface area (Å²) in [6.07, 6.45) is 0.165. The predicted molar refractivity (Wildman–Crippen MR) is 120 cm³/mol. The van der Waals surface area contributed by atoms with Gasteiger partial charge in [-0.2, -0.15) is 0 Å². The highest BCUT2D eigenvalue weighted by Gasteiger charge is 2.19. The number of nitrogens with zero attached hydrogens (tertiary/aromatic N) is 1. The molecule has 1 aliphatic heterocycles. The summed E-state index contributed by atoms with van der Waals surface area (Å²) in [5.41, 5.74) is 5.34. The fourth-order valence-electron chi connectivity index (χ4n) is 3.61. The largest absolute Gasteiger partial charge is 0.454 e. The minimum Gasteiger partial charge on any atom is -0.454 e. The minimum atomic E-state index is -0.235. The number of aryl methyl sites for hydroxylation is 4. The van der Waals surface area contributed by atoms with E-state index in [0.29, 0.717) is 27.2 Å². The van der Waals surface area contributed by atoms with Crippen LogP contribution in [0, 0.1) is 27.7 Å². The molecule has 4 rings (SSSR count). The first kappa shape index (κ1) is 20.9. The van der Waals surface area contributed by atoms with E-state index in [-0.39, 0.29) is 25.0 Å². The van der Waals surface area contributed by atoms with Crippen molar-refractivity contribution in [2.75, 3.05) is 17.4 Å². The molecule has 0 saturated carbocycles. The van der Waals surface area contributed by atoms with Gasteiger partial charge in [-0.05, 0) is 56.5 Å². The Morgan fingerprint density at radius 2 is 1.71 bits per heavy atom. The SMILES string of the molecule is Cc1cc(C)c(NC(=O)c2sc(NC(=O)Cc3ccc4c(c3)OCO4)nc2C)c(C)c1. The van der Waals surface area contributed by atoms with E-state index in [0.717, 1.165) is 39.3 Å². The van der Waals surface area contributed by atoms with Gasteiger partial charge in [-0.15, -0.1) is 0 Å². The normalized spacial score (nSPS) is 12.0. The lowest BCUT2D eigenvalue weighted by Crippen LogP contribution is -2.14. The van der Waals surface area contributed by atoms with Gasteiger partial charge in [-0.3, -0.25) is 9.59 Å².